The molecule has 2 aromatic heterocycles. The van der Waals surface area contributed by atoms with Crippen LogP contribution in [0.1, 0.15) is 35.0 Å². The summed E-state index contributed by atoms with van der Waals surface area (Å²) in [7, 11) is 0. The molecule has 0 radical (unpaired) electrons. The molecule has 0 bridgehead atoms. The number of rotatable bonds is 3. The van der Waals surface area contributed by atoms with Gasteiger partial charge in [-0.2, -0.15) is 0 Å². The van der Waals surface area contributed by atoms with E-state index in [1.165, 1.54) is 0 Å². The van der Waals surface area contributed by atoms with Crippen molar-refractivity contribution >= 4 is 16.8 Å². The summed E-state index contributed by atoms with van der Waals surface area (Å²) in [6.45, 7) is 3.67. The number of aryl methyl sites for hydroxylation is 1. The zero-order valence-corrected chi connectivity index (χ0v) is 11.3. The third-order valence-corrected chi connectivity index (χ3v) is 3.19. The molecule has 5 heteroatoms. The lowest BCUT2D eigenvalue weighted by molar-refractivity contribution is 0.0935. The second-order valence-electron chi connectivity index (χ2n) is 4.75. The summed E-state index contributed by atoms with van der Waals surface area (Å²) in [5, 5.41) is 3.79. The number of oxazole rings is 1. The summed E-state index contributed by atoms with van der Waals surface area (Å²) in [6.07, 6.45) is 3.36. The van der Waals surface area contributed by atoms with E-state index in [4.69, 9.17) is 4.42 Å². The summed E-state index contributed by atoms with van der Waals surface area (Å²) >= 11 is 0. The molecular weight excluding hydrogens is 254 g/mol. The van der Waals surface area contributed by atoms with Crippen molar-refractivity contribution in [1.29, 1.82) is 0 Å². The van der Waals surface area contributed by atoms with E-state index in [0.717, 1.165) is 16.7 Å². The van der Waals surface area contributed by atoms with Crippen LogP contribution < -0.4 is 5.32 Å². The fourth-order valence-corrected chi connectivity index (χ4v) is 2.17. The van der Waals surface area contributed by atoms with Gasteiger partial charge in [-0.3, -0.25) is 4.79 Å². The van der Waals surface area contributed by atoms with Crippen LogP contribution in [0.2, 0.25) is 0 Å². The Kier molecular flexibility index (Phi) is 3.02. The Hall–Kier alpha value is -2.56. The minimum Gasteiger partial charge on any atom is -0.444 e. The molecule has 0 aliphatic rings. The van der Waals surface area contributed by atoms with Crippen molar-refractivity contribution in [3.63, 3.8) is 0 Å². The van der Waals surface area contributed by atoms with E-state index < -0.39 is 0 Å². The zero-order valence-electron chi connectivity index (χ0n) is 11.3. The Morgan fingerprint density at radius 3 is 2.95 bits per heavy atom. The Labute approximate surface area is 116 Å². The smallest absolute Gasteiger partial charge is 0.254 e. The molecule has 5 nitrogen and oxygen atoms in total. The molecule has 0 saturated heterocycles. The van der Waals surface area contributed by atoms with Crippen LogP contribution in [0.5, 0.6) is 0 Å². The number of hydrogen-bond donors (Lipinski definition) is 2. The van der Waals surface area contributed by atoms with Gasteiger partial charge >= 0.3 is 0 Å². The number of nitrogens with zero attached hydrogens (tertiary/aromatic N) is 1. The normalized spacial score (nSPS) is 12.5. The van der Waals surface area contributed by atoms with E-state index in [1.807, 2.05) is 38.1 Å². The molecule has 1 atom stereocenters. The minimum absolute atomic E-state index is 0.147. The molecule has 1 amide bonds. The van der Waals surface area contributed by atoms with Crippen LogP contribution in [0.15, 0.2) is 41.1 Å². The third kappa shape index (κ3) is 2.18. The third-order valence-electron chi connectivity index (χ3n) is 3.19. The van der Waals surface area contributed by atoms with Crippen molar-refractivity contribution in [3.8, 4) is 0 Å². The maximum Gasteiger partial charge on any atom is 0.254 e. The Morgan fingerprint density at radius 1 is 1.40 bits per heavy atom. The summed E-state index contributed by atoms with van der Waals surface area (Å²) in [5.74, 6) is 1.09. The molecule has 0 spiro atoms. The first-order valence-corrected chi connectivity index (χ1v) is 6.44. The van der Waals surface area contributed by atoms with Gasteiger partial charge in [-0.25, -0.2) is 4.98 Å². The van der Waals surface area contributed by atoms with Crippen molar-refractivity contribution in [3.05, 3.63) is 53.9 Å². The molecule has 3 rings (SSSR count). The summed E-state index contributed by atoms with van der Waals surface area (Å²) in [5.41, 5.74) is 1.56. The van der Waals surface area contributed by atoms with Crippen molar-refractivity contribution in [1.82, 2.24) is 15.3 Å². The number of aromatic nitrogens is 2. The second kappa shape index (κ2) is 4.85. The molecule has 0 aliphatic carbocycles. The van der Waals surface area contributed by atoms with E-state index in [1.54, 1.807) is 12.4 Å². The number of H-pyrrole nitrogens is 1. The van der Waals surface area contributed by atoms with Gasteiger partial charge in [0.1, 0.15) is 11.8 Å². The largest absolute Gasteiger partial charge is 0.444 e. The average Bonchev–Trinajstić information content (AvgIpc) is 3.04. The van der Waals surface area contributed by atoms with Gasteiger partial charge in [0.2, 0.25) is 5.89 Å². The van der Waals surface area contributed by atoms with Gasteiger partial charge in [0.25, 0.3) is 5.91 Å². The number of amides is 1. The molecule has 0 aliphatic heterocycles. The molecule has 1 aromatic carbocycles. The maximum atomic E-state index is 12.3. The topological polar surface area (TPSA) is 70.9 Å². The highest BCUT2D eigenvalue weighted by Crippen LogP contribution is 2.19. The van der Waals surface area contributed by atoms with Crippen LogP contribution in [-0.2, 0) is 0 Å². The number of para-hydroxylation sites is 1. The molecule has 1 unspecified atom stereocenters. The zero-order chi connectivity index (χ0) is 14.1. The molecule has 0 fully saturated rings. The van der Waals surface area contributed by atoms with Gasteiger partial charge in [0, 0.05) is 17.1 Å². The van der Waals surface area contributed by atoms with Crippen LogP contribution in [0.25, 0.3) is 10.9 Å². The van der Waals surface area contributed by atoms with Crippen LogP contribution in [0.4, 0.5) is 0 Å². The summed E-state index contributed by atoms with van der Waals surface area (Å²) in [4.78, 5) is 19.5. The van der Waals surface area contributed by atoms with E-state index in [0.29, 0.717) is 11.5 Å². The maximum absolute atomic E-state index is 12.3. The second-order valence-corrected chi connectivity index (χ2v) is 4.75. The SMILES string of the molecule is Cc1cnc(C(C)NC(=O)c2c[nH]c3ccccc23)o1. The lowest BCUT2D eigenvalue weighted by Crippen LogP contribution is -2.26. The number of carbonyl (C=O) groups excluding carboxylic acids is 1. The van der Waals surface area contributed by atoms with Crippen LogP contribution in [0.3, 0.4) is 0 Å². The Morgan fingerprint density at radius 2 is 2.20 bits per heavy atom. The Bertz CT molecular complexity index is 757. The van der Waals surface area contributed by atoms with E-state index in [-0.39, 0.29) is 11.9 Å². The van der Waals surface area contributed by atoms with Crippen molar-refractivity contribution < 1.29 is 9.21 Å². The van der Waals surface area contributed by atoms with Gasteiger partial charge in [0.15, 0.2) is 0 Å². The first-order valence-electron chi connectivity index (χ1n) is 6.44. The van der Waals surface area contributed by atoms with Gasteiger partial charge < -0.3 is 14.7 Å². The lowest BCUT2D eigenvalue weighted by Gasteiger charge is -2.09. The summed E-state index contributed by atoms with van der Waals surface area (Å²) < 4.78 is 5.42. The van der Waals surface area contributed by atoms with Crippen LogP contribution in [0, 0.1) is 6.92 Å². The average molecular weight is 269 g/mol. The highest BCUT2D eigenvalue weighted by atomic mass is 16.4. The molecular formula is C15H15N3O2. The first-order chi connectivity index (χ1) is 9.65. The molecule has 20 heavy (non-hydrogen) atoms. The van der Waals surface area contributed by atoms with Crippen molar-refractivity contribution in [2.45, 2.75) is 19.9 Å². The van der Waals surface area contributed by atoms with Crippen molar-refractivity contribution in [2.75, 3.05) is 0 Å². The van der Waals surface area contributed by atoms with Crippen LogP contribution >= 0.6 is 0 Å². The van der Waals surface area contributed by atoms with E-state index in [2.05, 4.69) is 15.3 Å². The summed E-state index contributed by atoms with van der Waals surface area (Å²) in [6, 6.07) is 7.42. The number of carbonyl (C=O) groups is 1. The van der Waals surface area contributed by atoms with Gasteiger partial charge in [-0.05, 0) is 19.9 Å². The quantitative estimate of drug-likeness (QED) is 0.768. The monoisotopic (exact) mass is 269 g/mol. The first kappa shape index (κ1) is 12.5. The van der Waals surface area contributed by atoms with E-state index >= 15 is 0 Å². The van der Waals surface area contributed by atoms with Crippen molar-refractivity contribution in [2.24, 2.45) is 0 Å². The predicted octanol–water partition coefficient (Wildman–Crippen LogP) is 2.96. The van der Waals surface area contributed by atoms with Gasteiger partial charge in [0.05, 0.1) is 11.8 Å². The number of fused-ring (bicyclic) bond motifs is 1. The molecule has 2 N–H and O–H groups in total. The molecule has 0 saturated carbocycles. The highest BCUT2D eigenvalue weighted by molar-refractivity contribution is 6.06. The number of nitrogens with one attached hydrogen (secondary N) is 2. The lowest BCUT2D eigenvalue weighted by atomic mass is 10.1. The minimum atomic E-state index is -0.273. The Balaban J connectivity index is 1.82. The standard InChI is InChI=1S/C15H15N3O2/c1-9-7-17-15(20-9)10(2)18-14(19)12-8-16-13-6-4-3-5-11(12)13/h3-8,10,16H,1-2H3,(H,18,19). The molecule has 2 heterocycles. The number of hydrogen-bond acceptors (Lipinski definition) is 3. The van der Waals surface area contributed by atoms with E-state index in [9.17, 15) is 4.79 Å². The molecule has 3 aromatic rings. The van der Waals surface area contributed by atoms with Crippen LogP contribution in [-0.4, -0.2) is 15.9 Å². The predicted molar refractivity (Wildman–Crippen MR) is 75.4 cm³/mol. The highest BCUT2D eigenvalue weighted by Gasteiger charge is 2.17. The fraction of sp³-hybridized carbons (Fsp3) is 0.200. The number of aromatic amines is 1. The fourth-order valence-electron chi connectivity index (χ4n) is 2.17. The number of benzene rings is 1. The van der Waals surface area contributed by atoms with Gasteiger partial charge in [-0.15, -0.1) is 0 Å². The van der Waals surface area contributed by atoms with Gasteiger partial charge in [-0.1, -0.05) is 18.2 Å². The molecule has 102 valence electrons.